The van der Waals surface area contributed by atoms with E-state index in [1.807, 2.05) is 0 Å². The predicted molar refractivity (Wildman–Crippen MR) is 124 cm³/mol. The third-order valence-electron chi connectivity index (χ3n) is 4.15. The van der Waals surface area contributed by atoms with Crippen molar-refractivity contribution < 1.29 is 19.6 Å². The maximum Gasteiger partial charge on any atom is 0.271 e. The van der Waals surface area contributed by atoms with E-state index in [2.05, 4.69) is 5.32 Å². The molecule has 0 aliphatic carbocycles. The number of rotatable bonds is 6. The molecule has 160 valence electrons. The van der Waals surface area contributed by atoms with Crippen molar-refractivity contribution in [3.05, 3.63) is 67.0 Å². The Morgan fingerprint density at radius 1 is 1.29 bits per heavy atom. The molecule has 0 spiro atoms. The Hall–Kier alpha value is -2.66. The van der Waals surface area contributed by atoms with Crippen LogP contribution in [0.15, 0.2) is 41.3 Å². The number of nitrogens with one attached hydrogen (secondary N) is 1. The van der Waals surface area contributed by atoms with Crippen molar-refractivity contribution in [2.24, 2.45) is 0 Å². The second-order valence-electron chi connectivity index (χ2n) is 6.26. The number of phenols is 1. The Morgan fingerprint density at radius 2 is 2.03 bits per heavy atom. The molecule has 1 heterocycles. The van der Waals surface area contributed by atoms with Gasteiger partial charge in [0.15, 0.2) is 0 Å². The standard InChI is InChI=1S/C19H13Cl2N3O5S2/c20-11-2-1-10(13(21)8-11)7-16-18(27)23(19(30)31-16)6-5-17(26)22-14-9-12(24(28)29)3-4-15(14)25/h1-4,7-9,25H,5-6H2,(H,22,26)/b16-7-. The molecule has 0 unspecified atom stereocenters. The summed E-state index contributed by atoms with van der Waals surface area (Å²) in [5, 5.41) is 23.9. The molecule has 3 rings (SSSR count). The number of hydrogen-bond donors (Lipinski definition) is 2. The number of non-ortho nitro benzene ring substituents is 1. The minimum atomic E-state index is -0.644. The molecule has 12 heteroatoms. The van der Waals surface area contributed by atoms with Crippen molar-refractivity contribution in [3.8, 4) is 5.75 Å². The minimum absolute atomic E-state index is 0.00210. The third-order valence-corrected chi connectivity index (χ3v) is 6.09. The fourth-order valence-corrected chi connectivity index (χ4v) is 4.38. The molecule has 31 heavy (non-hydrogen) atoms. The van der Waals surface area contributed by atoms with Crippen LogP contribution in [-0.2, 0) is 9.59 Å². The Morgan fingerprint density at radius 3 is 2.71 bits per heavy atom. The van der Waals surface area contributed by atoms with Gasteiger partial charge in [-0.15, -0.1) is 0 Å². The smallest absolute Gasteiger partial charge is 0.271 e. The molecular weight excluding hydrogens is 485 g/mol. The van der Waals surface area contributed by atoms with Crippen molar-refractivity contribution in [2.45, 2.75) is 6.42 Å². The van der Waals surface area contributed by atoms with E-state index in [4.69, 9.17) is 35.4 Å². The molecule has 1 aliphatic rings. The predicted octanol–water partition coefficient (Wildman–Crippen LogP) is 4.84. The summed E-state index contributed by atoms with van der Waals surface area (Å²) >= 11 is 18.3. The van der Waals surface area contributed by atoms with Gasteiger partial charge in [-0.25, -0.2) is 0 Å². The lowest BCUT2D eigenvalue weighted by molar-refractivity contribution is -0.384. The van der Waals surface area contributed by atoms with Crippen LogP contribution in [0.1, 0.15) is 12.0 Å². The monoisotopic (exact) mass is 497 g/mol. The van der Waals surface area contributed by atoms with E-state index in [0.717, 1.165) is 30.0 Å². The van der Waals surface area contributed by atoms with Crippen molar-refractivity contribution in [1.29, 1.82) is 0 Å². The van der Waals surface area contributed by atoms with Crippen LogP contribution in [0, 0.1) is 10.1 Å². The highest BCUT2D eigenvalue weighted by Crippen LogP contribution is 2.34. The first kappa shape index (κ1) is 23.0. The summed E-state index contributed by atoms with van der Waals surface area (Å²) in [7, 11) is 0. The lowest BCUT2D eigenvalue weighted by atomic mass is 10.2. The molecule has 0 saturated carbocycles. The van der Waals surface area contributed by atoms with E-state index in [1.54, 1.807) is 24.3 Å². The van der Waals surface area contributed by atoms with Crippen molar-refractivity contribution >= 4 is 80.8 Å². The van der Waals surface area contributed by atoms with Gasteiger partial charge in [-0.2, -0.15) is 0 Å². The largest absolute Gasteiger partial charge is 0.506 e. The van der Waals surface area contributed by atoms with Gasteiger partial charge in [-0.05, 0) is 29.8 Å². The second kappa shape index (κ2) is 9.65. The van der Waals surface area contributed by atoms with Crippen molar-refractivity contribution in [2.75, 3.05) is 11.9 Å². The number of nitro groups is 1. The number of carbonyl (C=O) groups excluding carboxylic acids is 2. The average molecular weight is 498 g/mol. The highest BCUT2D eigenvalue weighted by molar-refractivity contribution is 8.26. The van der Waals surface area contributed by atoms with Crippen molar-refractivity contribution in [1.82, 2.24) is 4.90 Å². The summed E-state index contributed by atoms with van der Waals surface area (Å²) in [6.07, 6.45) is 1.46. The molecule has 2 aromatic rings. The molecule has 0 radical (unpaired) electrons. The van der Waals surface area contributed by atoms with Gasteiger partial charge in [0.1, 0.15) is 10.1 Å². The number of benzene rings is 2. The van der Waals surface area contributed by atoms with E-state index in [0.29, 0.717) is 20.5 Å². The Bertz CT molecular complexity index is 1140. The van der Waals surface area contributed by atoms with E-state index in [1.165, 1.54) is 4.90 Å². The Kier molecular flexibility index (Phi) is 7.16. The van der Waals surface area contributed by atoms with Gasteiger partial charge in [-0.1, -0.05) is 53.2 Å². The molecule has 8 nitrogen and oxygen atoms in total. The summed E-state index contributed by atoms with van der Waals surface area (Å²) in [4.78, 5) is 36.8. The van der Waals surface area contributed by atoms with Gasteiger partial charge in [0.2, 0.25) is 5.91 Å². The van der Waals surface area contributed by atoms with Crippen LogP contribution in [0.5, 0.6) is 5.75 Å². The molecule has 2 aromatic carbocycles. The summed E-state index contributed by atoms with van der Waals surface area (Å²) in [6, 6.07) is 8.16. The third kappa shape index (κ3) is 5.53. The van der Waals surface area contributed by atoms with Crippen molar-refractivity contribution in [3.63, 3.8) is 0 Å². The van der Waals surface area contributed by atoms with Gasteiger partial charge in [0, 0.05) is 35.1 Å². The first-order chi connectivity index (χ1) is 14.7. The number of amides is 2. The van der Waals surface area contributed by atoms with Gasteiger partial charge < -0.3 is 10.4 Å². The Balaban J connectivity index is 1.65. The summed E-state index contributed by atoms with van der Waals surface area (Å²) < 4.78 is 0.285. The van der Waals surface area contributed by atoms with Gasteiger partial charge >= 0.3 is 0 Å². The normalized spacial score (nSPS) is 14.9. The SMILES string of the molecule is O=C(CCN1C(=O)/C(=C/c2ccc(Cl)cc2Cl)SC1=S)Nc1cc([N+](=O)[O-])ccc1O. The molecule has 1 aliphatic heterocycles. The maximum atomic E-state index is 12.7. The van der Waals surface area contributed by atoms with E-state index in [-0.39, 0.29) is 40.3 Å². The van der Waals surface area contributed by atoms with Crippen LogP contribution < -0.4 is 5.32 Å². The highest BCUT2D eigenvalue weighted by atomic mass is 35.5. The number of thioether (sulfide) groups is 1. The van der Waals surface area contributed by atoms with Crippen LogP contribution in [0.2, 0.25) is 10.0 Å². The van der Waals surface area contributed by atoms with Crippen LogP contribution >= 0.6 is 47.2 Å². The highest BCUT2D eigenvalue weighted by Gasteiger charge is 2.32. The summed E-state index contributed by atoms with van der Waals surface area (Å²) in [6.45, 7) is -0.00210. The molecular formula is C19H13Cl2N3O5S2. The van der Waals surface area contributed by atoms with Crippen LogP contribution in [0.4, 0.5) is 11.4 Å². The molecule has 1 saturated heterocycles. The molecule has 0 atom stereocenters. The molecule has 2 N–H and O–H groups in total. The fourth-order valence-electron chi connectivity index (χ4n) is 2.62. The molecule has 2 amide bonds. The van der Waals surface area contributed by atoms with Crippen LogP contribution in [0.25, 0.3) is 6.08 Å². The second-order valence-corrected chi connectivity index (χ2v) is 8.78. The first-order valence-corrected chi connectivity index (χ1v) is 10.6. The number of phenolic OH excluding ortho intramolecular Hbond substituents is 1. The van der Waals surface area contributed by atoms with Gasteiger partial charge in [-0.3, -0.25) is 24.6 Å². The number of halogens is 2. The Labute approximate surface area is 196 Å². The molecule has 0 aromatic heterocycles. The zero-order chi connectivity index (χ0) is 22.7. The van der Waals surface area contributed by atoms with E-state index in [9.17, 15) is 24.8 Å². The fraction of sp³-hybridized carbons (Fsp3) is 0.105. The zero-order valence-electron chi connectivity index (χ0n) is 15.5. The lowest BCUT2D eigenvalue weighted by Gasteiger charge is -2.14. The number of nitrogens with zero attached hydrogens (tertiary/aromatic N) is 2. The van der Waals surface area contributed by atoms with Crippen LogP contribution in [-0.4, -0.2) is 37.6 Å². The number of anilines is 1. The molecule has 0 bridgehead atoms. The topological polar surface area (TPSA) is 113 Å². The zero-order valence-corrected chi connectivity index (χ0v) is 18.6. The van der Waals surface area contributed by atoms with Crippen LogP contribution in [0.3, 0.4) is 0 Å². The number of carbonyl (C=O) groups is 2. The molecule has 1 fully saturated rings. The number of hydrogen-bond acceptors (Lipinski definition) is 7. The summed E-state index contributed by atoms with van der Waals surface area (Å²) in [5.41, 5.74) is 0.225. The number of nitro benzene ring substituents is 1. The lowest BCUT2D eigenvalue weighted by Crippen LogP contribution is -2.31. The summed E-state index contributed by atoms with van der Waals surface area (Å²) in [5.74, 6) is -1.23. The number of thiocarbonyl (C=S) groups is 1. The minimum Gasteiger partial charge on any atom is -0.506 e. The van der Waals surface area contributed by atoms with E-state index < -0.39 is 10.8 Å². The number of aromatic hydroxyl groups is 1. The quantitative estimate of drug-likeness (QED) is 0.193. The van der Waals surface area contributed by atoms with E-state index >= 15 is 0 Å². The first-order valence-electron chi connectivity index (χ1n) is 8.63. The average Bonchev–Trinajstić information content (AvgIpc) is 2.96. The maximum absolute atomic E-state index is 12.7. The van der Waals surface area contributed by atoms with Gasteiger partial charge in [0.25, 0.3) is 11.6 Å². The van der Waals surface area contributed by atoms with Gasteiger partial charge in [0.05, 0.1) is 15.5 Å².